The van der Waals surface area contributed by atoms with E-state index in [0.29, 0.717) is 19.6 Å². The summed E-state index contributed by atoms with van der Waals surface area (Å²) in [6.45, 7) is 0.851. The SMILES string of the molecule is CN(C)C(=O)Nc1snc(OCCCCOc2ccccc2)c1C(=O)O. The predicted molar refractivity (Wildman–Crippen MR) is 98.4 cm³/mol. The monoisotopic (exact) mass is 379 g/mol. The summed E-state index contributed by atoms with van der Waals surface area (Å²) in [6, 6.07) is 9.06. The van der Waals surface area contributed by atoms with Crippen LogP contribution in [0.4, 0.5) is 9.80 Å². The van der Waals surface area contributed by atoms with Crippen molar-refractivity contribution in [3.05, 3.63) is 35.9 Å². The standard InChI is InChI=1S/C17H21N3O5S/c1-20(2)17(23)18-15-13(16(21)22)14(19-26-15)25-11-7-6-10-24-12-8-4-3-5-9-12/h3-5,8-9H,6-7,10-11H2,1-2H3,(H,18,23)(H,21,22). The van der Waals surface area contributed by atoms with Gasteiger partial charge >= 0.3 is 12.0 Å². The molecule has 2 N–H and O–H groups in total. The number of anilines is 1. The summed E-state index contributed by atoms with van der Waals surface area (Å²) in [5, 5.41) is 12.0. The maximum absolute atomic E-state index is 11.7. The topological polar surface area (TPSA) is 101 Å². The number of carbonyl (C=O) groups excluding carboxylic acids is 1. The van der Waals surface area contributed by atoms with E-state index in [0.717, 1.165) is 23.7 Å². The van der Waals surface area contributed by atoms with Gasteiger partial charge < -0.3 is 19.5 Å². The molecule has 0 radical (unpaired) electrons. The van der Waals surface area contributed by atoms with Crippen molar-refractivity contribution in [2.45, 2.75) is 12.8 Å². The molecule has 0 aliphatic rings. The first-order valence-electron chi connectivity index (χ1n) is 8.01. The molecule has 0 saturated heterocycles. The second-order valence-electron chi connectivity index (χ2n) is 5.54. The van der Waals surface area contributed by atoms with E-state index in [1.54, 1.807) is 14.1 Å². The molecule has 0 aliphatic carbocycles. The number of nitrogens with zero attached hydrogens (tertiary/aromatic N) is 2. The van der Waals surface area contributed by atoms with Gasteiger partial charge in [0.2, 0.25) is 5.88 Å². The highest BCUT2D eigenvalue weighted by Gasteiger charge is 2.23. The van der Waals surface area contributed by atoms with E-state index < -0.39 is 12.0 Å². The van der Waals surface area contributed by atoms with Crippen LogP contribution in [0, 0.1) is 0 Å². The number of aromatic carboxylic acids is 1. The fraction of sp³-hybridized carbons (Fsp3) is 0.353. The molecule has 0 fully saturated rings. The molecular formula is C17H21N3O5S. The number of carbonyl (C=O) groups is 2. The highest BCUT2D eigenvalue weighted by atomic mass is 32.1. The van der Waals surface area contributed by atoms with Crippen LogP contribution in [-0.2, 0) is 0 Å². The third-order valence-electron chi connectivity index (χ3n) is 3.29. The highest BCUT2D eigenvalue weighted by Crippen LogP contribution is 2.30. The first-order chi connectivity index (χ1) is 12.5. The number of unbranched alkanes of at least 4 members (excludes halogenated alkanes) is 1. The first kappa shape index (κ1) is 19.5. The number of nitrogens with one attached hydrogen (secondary N) is 1. The smallest absolute Gasteiger partial charge is 0.344 e. The van der Waals surface area contributed by atoms with Gasteiger partial charge in [0.15, 0.2) is 5.56 Å². The van der Waals surface area contributed by atoms with E-state index in [4.69, 9.17) is 9.47 Å². The zero-order valence-corrected chi connectivity index (χ0v) is 15.4. The number of para-hydroxylation sites is 1. The van der Waals surface area contributed by atoms with Gasteiger partial charge in [0.05, 0.1) is 13.2 Å². The Bertz CT molecular complexity index is 733. The molecule has 1 aromatic heterocycles. The van der Waals surface area contributed by atoms with Gasteiger partial charge in [0.1, 0.15) is 10.8 Å². The number of hydrogen-bond donors (Lipinski definition) is 2. The van der Waals surface area contributed by atoms with E-state index in [-0.39, 0.29) is 16.4 Å². The van der Waals surface area contributed by atoms with Crippen molar-refractivity contribution in [3.8, 4) is 11.6 Å². The lowest BCUT2D eigenvalue weighted by Crippen LogP contribution is -2.27. The second kappa shape index (κ2) is 9.62. The lowest BCUT2D eigenvalue weighted by molar-refractivity contribution is 0.0693. The Hall–Kier alpha value is -2.81. The Morgan fingerprint density at radius 3 is 2.42 bits per heavy atom. The number of carboxylic acids is 1. The Labute approximate surface area is 155 Å². The van der Waals surface area contributed by atoms with Gasteiger partial charge in [-0.05, 0) is 36.5 Å². The molecule has 140 valence electrons. The summed E-state index contributed by atoms with van der Waals surface area (Å²) in [5.74, 6) is -0.377. The number of aromatic nitrogens is 1. The lowest BCUT2D eigenvalue weighted by atomic mass is 10.3. The Morgan fingerprint density at radius 1 is 1.15 bits per heavy atom. The molecule has 26 heavy (non-hydrogen) atoms. The number of urea groups is 1. The third kappa shape index (κ3) is 5.62. The molecule has 8 nitrogen and oxygen atoms in total. The van der Waals surface area contributed by atoms with Crippen LogP contribution in [-0.4, -0.2) is 53.7 Å². The average Bonchev–Trinajstić information content (AvgIpc) is 3.01. The van der Waals surface area contributed by atoms with E-state index >= 15 is 0 Å². The van der Waals surface area contributed by atoms with Crippen molar-refractivity contribution in [2.75, 3.05) is 32.6 Å². The van der Waals surface area contributed by atoms with Gasteiger partial charge in [-0.2, -0.15) is 4.37 Å². The van der Waals surface area contributed by atoms with E-state index in [1.807, 2.05) is 30.3 Å². The second-order valence-corrected chi connectivity index (χ2v) is 6.31. The van der Waals surface area contributed by atoms with E-state index in [9.17, 15) is 14.7 Å². The van der Waals surface area contributed by atoms with Gasteiger partial charge in [-0.15, -0.1) is 0 Å². The fourth-order valence-electron chi connectivity index (χ4n) is 1.94. The molecule has 2 aromatic rings. The van der Waals surface area contributed by atoms with Crippen LogP contribution in [0.3, 0.4) is 0 Å². The highest BCUT2D eigenvalue weighted by molar-refractivity contribution is 7.11. The molecule has 2 amide bonds. The van der Waals surface area contributed by atoms with Crippen molar-refractivity contribution in [1.82, 2.24) is 9.27 Å². The maximum Gasteiger partial charge on any atom is 0.344 e. The van der Waals surface area contributed by atoms with E-state index in [1.165, 1.54) is 4.90 Å². The van der Waals surface area contributed by atoms with Gasteiger partial charge in [-0.3, -0.25) is 5.32 Å². The summed E-state index contributed by atoms with van der Waals surface area (Å²) in [5.41, 5.74) is -0.134. The van der Waals surface area contributed by atoms with E-state index in [2.05, 4.69) is 9.69 Å². The summed E-state index contributed by atoms with van der Waals surface area (Å²) < 4.78 is 15.0. The maximum atomic E-state index is 11.7. The van der Waals surface area contributed by atoms with Crippen LogP contribution < -0.4 is 14.8 Å². The molecule has 1 heterocycles. The molecule has 0 aliphatic heterocycles. The number of carboxylic acid groups (broad SMARTS) is 1. The third-order valence-corrected chi connectivity index (χ3v) is 4.04. The van der Waals surface area contributed by atoms with Crippen molar-refractivity contribution >= 4 is 28.5 Å². The van der Waals surface area contributed by atoms with Crippen LogP contribution in [0.2, 0.25) is 0 Å². The molecule has 0 unspecified atom stereocenters. The number of benzene rings is 1. The van der Waals surface area contributed by atoms with Crippen molar-refractivity contribution in [1.29, 1.82) is 0 Å². The Kier molecular flexibility index (Phi) is 7.22. The quantitative estimate of drug-likeness (QED) is 0.649. The van der Waals surface area contributed by atoms with Crippen LogP contribution >= 0.6 is 11.5 Å². The number of ether oxygens (including phenoxy) is 2. The van der Waals surface area contributed by atoms with Gasteiger partial charge in [0.25, 0.3) is 0 Å². The van der Waals surface area contributed by atoms with Crippen molar-refractivity contribution < 1.29 is 24.2 Å². The fourth-order valence-corrected chi connectivity index (χ4v) is 2.65. The van der Waals surface area contributed by atoms with Gasteiger partial charge in [-0.25, -0.2) is 9.59 Å². The van der Waals surface area contributed by atoms with Crippen LogP contribution in [0.25, 0.3) is 0 Å². The zero-order chi connectivity index (χ0) is 18.9. The Morgan fingerprint density at radius 2 is 1.81 bits per heavy atom. The van der Waals surface area contributed by atoms with Crippen LogP contribution in [0.1, 0.15) is 23.2 Å². The van der Waals surface area contributed by atoms with Crippen molar-refractivity contribution in [2.24, 2.45) is 0 Å². The Balaban J connectivity index is 1.80. The average molecular weight is 379 g/mol. The summed E-state index contributed by atoms with van der Waals surface area (Å²) in [7, 11) is 3.12. The van der Waals surface area contributed by atoms with Crippen molar-refractivity contribution in [3.63, 3.8) is 0 Å². The van der Waals surface area contributed by atoms with Gasteiger partial charge in [-0.1, -0.05) is 18.2 Å². The summed E-state index contributed by atoms with van der Waals surface area (Å²) in [4.78, 5) is 24.4. The minimum Gasteiger partial charge on any atom is -0.494 e. The number of amides is 2. The normalized spacial score (nSPS) is 10.2. The summed E-state index contributed by atoms with van der Waals surface area (Å²) in [6.07, 6.45) is 1.44. The summed E-state index contributed by atoms with van der Waals surface area (Å²) >= 11 is 0.877. The minimum absolute atomic E-state index is 0.0144. The molecule has 2 rings (SSSR count). The zero-order valence-electron chi connectivity index (χ0n) is 14.6. The molecule has 0 atom stereocenters. The molecule has 0 spiro atoms. The molecule has 0 saturated carbocycles. The lowest BCUT2D eigenvalue weighted by Gasteiger charge is -2.11. The molecular weight excluding hydrogens is 358 g/mol. The van der Waals surface area contributed by atoms with Crippen LogP contribution in [0.15, 0.2) is 30.3 Å². The molecule has 1 aromatic carbocycles. The number of hydrogen-bond acceptors (Lipinski definition) is 6. The molecule has 9 heteroatoms. The van der Waals surface area contributed by atoms with Gasteiger partial charge in [0, 0.05) is 14.1 Å². The van der Waals surface area contributed by atoms with Crippen LogP contribution in [0.5, 0.6) is 11.6 Å². The number of rotatable bonds is 9. The minimum atomic E-state index is -1.20. The first-order valence-corrected chi connectivity index (χ1v) is 8.78. The molecule has 0 bridgehead atoms. The largest absolute Gasteiger partial charge is 0.494 e. The predicted octanol–water partition coefficient (Wildman–Crippen LogP) is 3.17.